The lowest BCUT2D eigenvalue weighted by Gasteiger charge is -2.17. The van der Waals surface area contributed by atoms with Crippen molar-refractivity contribution in [3.63, 3.8) is 0 Å². The minimum absolute atomic E-state index is 0.212. The van der Waals surface area contributed by atoms with Crippen molar-refractivity contribution in [1.82, 2.24) is 0 Å². The summed E-state index contributed by atoms with van der Waals surface area (Å²) in [6.45, 7) is 1.86. The largest absolute Gasteiger partial charge is 0.462 e. The Morgan fingerprint density at radius 3 is 1.77 bits per heavy atom. The van der Waals surface area contributed by atoms with E-state index < -0.39 is 35.0 Å². The molecule has 0 aliphatic heterocycles. The quantitative estimate of drug-likeness (QED) is 0.271. The highest BCUT2D eigenvalue weighted by Gasteiger charge is 2.43. The molecule has 1 rings (SSSR count). The van der Waals surface area contributed by atoms with E-state index in [1.54, 1.807) is 0 Å². The van der Waals surface area contributed by atoms with Crippen LogP contribution in [0.2, 0.25) is 0 Å². The van der Waals surface area contributed by atoms with Crippen LogP contribution in [-0.2, 0) is 17.1 Å². The predicted molar refractivity (Wildman–Crippen MR) is 84.7 cm³/mol. The van der Waals surface area contributed by atoms with E-state index in [9.17, 15) is 31.1 Å². The number of carbonyl (C=O) groups is 1. The van der Waals surface area contributed by atoms with Crippen molar-refractivity contribution in [2.75, 3.05) is 6.61 Å². The Kier molecular flexibility index (Phi) is 8.43. The lowest BCUT2D eigenvalue weighted by molar-refractivity contribution is -0.144. The van der Waals surface area contributed by atoms with Crippen molar-refractivity contribution in [1.29, 1.82) is 0 Å². The fraction of sp³-hybridized carbons (Fsp3) is 0.611. The lowest BCUT2D eigenvalue weighted by Crippen LogP contribution is -2.21. The van der Waals surface area contributed by atoms with E-state index in [4.69, 9.17) is 0 Å². The third kappa shape index (κ3) is 6.88. The highest BCUT2D eigenvalue weighted by Crippen LogP contribution is 2.39. The summed E-state index contributed by atoms with van der Waals surface area (Å²) in [5.41, 5.74) is -4.76. The zero-order valence-electron chi connectivity index (χ0n) is 14.5. The molecule has 1 aromatic carbocycles. The first-order chi connectivity index (χ1) is 12.1. The number of benzene rings is 1. The zero-order chi connectivity index (χ0) is 19.8. The number of halogens is 6. The van der Waals surface area contributed by atoms with Crippen molar-refractivity contribution >= 4 is 5.97 Å². The molecule has 0 saturated heterocycles. The van der Waals surface area contributed by atoms with E-state index in [-0.39, 0.29) is 6.61 Å². The van der Waals surface area contributed by atoms with Gasteiger partial charge in [-0.05, 0) is 18.6 Å². The van der Waals surface area contributed by atoms with Gasteiger partial charge in [0.1, 0.15) is 0 Å². The van der Waals surface area contributed by atoms with Crippen LogP contribution in [-0.4, -0.2) is 12.6 Å². The molecule has 0 aliphatic carbocycles. The van der Waals surface area contributed by atoms with Gasteiger partial charge in [0.2, 0.25) is 0 Å². The first kappa shape index (κ1) is 22.3. The summed E-state index contributed by atoms with van der Waals surface area (Å²) >= 11 is 0. The normalized spacial score (nSPS) is 12.3. The number of ether oxygens (including phenoxy) is 1. The van der Waals surface area contributed by atoms with Crippen molar-refractivity contribution in [3.05, 3.63) is 34.9 Å². The molecule has 26 heavy (non-hydrogen) atoms. The van der Waals surface area contributed by atoms with Gasteiger partial charge in [-0.25, -0.2) is 4.79 Å². The van der Waals surface area contributed by atoms with E-state index in [1.165, 1.54) is 0 Å². The predicted octanol–water partition coefficient (Wildman–Crippen LogP) is 6.63. The maximum absolute atomic E-state index is 13.0. The van der Waals surface area contributed by atoms with Crippen molar-refractivity contribution in [3.8, 4) is 0 Å². The summed E-state index contributed by atoms with van der Waals surface area (Å²) in [7, 11) is 0. The topological polar surface area (TPSA) is 26.3 Å². The van der Waals surface area contributed by atoms with Gasteiger partial charge in [0.25, 0.3) is 0 Å². The smallest absolute Gasteiger partial charge is 0.417 e. The van der Waals surface area contributed by atoms with Gasteiger partial charge in [-0.1, -0.05) is 51.5 Å². The van der Waals surface area contributed by atoms with Gasteiger partial charge >= 0.3 is 18.3 Å². The van der Waals surface area contributed by atoms with Crippen LogP contribution in [0.25, 0.3) is 0 Å². The fourth-order valence-corrected chi connectivity index (χ4v) is 2.54. The summed E-state index contributed by atoms with van der Waals surface area (Å²) in [4.78, 5) is 11.9. The summed E-state index contributed by atoms with van der Waals surface area (Å²) < 4.78 is 82.6. The Morgan fingerprint density at radius 1 is 0.846 bits per heavy atom. The second kappa shape index (κ2) is 9.83. The average Bonchev–Trinajstić information content (AvgIpc) is 2.54. The molecule has 2 nitrogen and oxygen atoms in total. The van der Waals surface area contributed by atoms with Gasteiger partial charge in [-0.2, -0.15) is 26.3 Å². The minimum Gasteiger partial charge on any atom is -0.462 e. The Bertz CT molecular complexity index is 546. The molecule has 0 unspecified atom stereocenters. The molecule has 0 heterocycles. The number of rotatable bonds is 9. The number of hydrogen-bond donors (Lipinski definition) is 0. The SMILES string of the molecule is CCCCCCCCCOC(=O)c1c(C(F)(F)F)cccc1C(F)(F)F. The summed E-state index contributed by atoms with van der Waals surface area (Å²) in [5.74, 6) is -1.60. The van der Waals surface area contributed by atoms with Crippen LogP contribution in [0, 0.1) is 0 Å². The molecule has 148 valence electrons. The number of alkyl halides is 6. The molecule has 0 atom stereocenters. The number of esters is 1. The van der Waals surface area contributed by atoms with Crippen LogP contribution in [0.1, 0.15) is 73.4 Å². The van der Waals surface area contributed by atoms with Crippen LogP contribution in [0.3, 0.4) is 0 Å². The van der Waals surface area contributed by atoms with Gasteiger partial charge in [0.05, 0.1) is 23.3 Å². The first-order valence-corrected chi connectivity index (χ1v) is 8.53. The molecule has 0 aliphatic rings. The third-order valence-electron chi connectivity index (χ3n) is 3.86. The maximum Gasteiger partial charge on any atom is 0.417 e. The lowest BCUT2D eigenvalue weighted by atomic mass is 10.00. The van der Waals surface area contributed by atoms with E-state index in [2.05, 4.69) is 11.7 Å². The maximum atomic E-state index is 13.0. The molecule has 0 N–H and O–H groups in total. The van der Waals surface area contributed by atoms with Crippen LogP contribution < -0.4 is 0 Å². The molecule has 8 heteroatoms. The second-order valence-corrected chi connectivity index (χ2v) is 5.98. The molecule has 0 fully saturated rings. The van der Waals surface area contributed by atoms with Crippen LogP contribution in [0.15, 0.2) is 18.2 Å². The third-order valence-corrected chi connectivity index (χ3v) is 3.86. The second-order valence-electron chi connectivity index (χ2n) is 5.98. The van der Waals surface area contributed by atoms with Crippen LogP contribution in [0.5, 0.6) is 0 Å². The standard InChI is InChI=1S/C18H22F6O2/c1-2-3-4-5-6-7-8-12-26-16(25)15-13(17(19,20)21)10-9-11-14(15)18(22,23)24/h9-11H,2-8,12H2,1H3. The number of carbonyl (C=O) groups excluding carboxylic acids is 1. The summed E-state index contributed by atoms with van der Waals surface area (Å²) in [6, 6.07) is 1.51. The van der Waals surface area contributed by atoms with Crippen molar-refractivity contribution < 1.29 is 35.9 Å². The Morgan fingerprint density at radius 2 is 1.31 bits per heavy atom. The van der Waals surface area contributed by atoms with Crippen molar-refractivity contribution in [2.24, 2.45) is 0 Å². The van der Waals surface area contributed by atoms with Crippen LogP contribution >= 0.6 is 0 Å². The molecule has 0 saturated carbocycles. The van der Waals surface area contributed by atoms with Crippen molar-refractivity contribution in [2.45, 2.75) is 64.2 Å². The number of unbranched alkanes of at least 4 members (excludes halogenated alkanes) is 6. The van der Waals surface area contributed by atoms with Gasteiger partial charge in [0, 0.05) is 0 Å². The minimum atomic E-state index is -5.09. The van der Waals surface area contributed by atoms with E-state index >= 15 is 0 Å². The molecule has 1 aromatic rings. The summed E-state index contributed by atoms with van der Waals surface area (Å²) in [5, 5.41) is 0. The fourth-order valence-electron chi connectivity index (χ4n) is 2.54. The van der Waals surface area contributed by atoms with Gasteiger partial charge in [0.15, 0.2) is 0 Å². The Labute approximate surface area is 148 Å². The van der Waals surface area contributed by atoms with Gasteiger partial charge in [-0.3, -0.25) is 0 Å². The Hall–Kier alpha value is -1.73. The van der Waals surface area contributed by atoms with E-state index in [1.807, 2.05) is 0 Å². The molecular weight excluding hydrogens is 362 g/mol. The summed E-state index contributed by atoms with van der Waals surface area (Å²) in [6.07, 6.45) is -3.92. The molecular formula is C18H22F6O2. The first-order valence-electron chi connectivity index (χ1n) is 8.53. The Balaban J connectivity index is 2.75. The molecule has 0 bridgehead atoms. The zero-order valence-corrected chi connectivity index (χ0v) is 14.5. The monoisotopic (exact) mass is 384 g/mol. The van der Waals surface area contributed by atoms with E-state index in [0.717, 1.165) is 32.1 Å². The molecule has 0 amide bonds. The molecule has 0 radical (unpaired) electrons. The van der Waals surface area contributed by atoms with Crippen LogP contribution in [0.4, 0.5) is 26.3 Å². The molecule has 0 aromatic heterocycles. The van der Waals surface area contributed by atoms with Gasteiger partial charge in [-0.15, -0.1) is 0 Å². The highest BCUT2D eigenvalue weighted by molar-refractivity contribution is 5.93. The van der Waals surface area contributed by atoms with E-state index in [0.29, 0.717) is 31.0 Å². The molecule has 0 spiro atoms. The highest BCUT2D eigenvalue weighted by atomic mass is 19.4. The van der Waals surface area contributed by atoms with Gasteiger partial charge < -0.3 is 4.74 Å². The number of hydrogen-bond acceptors (Lipinski definition) is 2. The average molecular weight is 384 g/mol.